The standard InChI is InChI=1S/C11H19N3O/c1-12-9-10-7-11(8-10)15-6-5-14-4-2-3-13-14/h2-4,10-12H,5-9H2,1H3. The zero-order valence-corrected chi connectivity index (χ0v) is 9.22. The van der Waals surface area contributed by atoms with E-state index in [1.807, 2.05) is 24.0 Å². The lowest BCUT2D eigenvalue weighted by Crippen LogP contribution is -2.37. The minimum absolute atomic E-state index is 0.485. The van der Waals surface area contributed by atoms with E-state index in [2.05, 4.69) is 10.4 Å². The van der Waals surface area contributed by atoms with Gasteiger partial charge in [-0.2, -0.15) is 5.10 Å². The first kappa shape index (κ1) is 10.6. The normalized spacial score (nSPS) is 25.1. The van der Waals surface area contributed by atoms with Gasteiger partial charge in [-0.15, -0.1) is 0 Å². The van der Waals surface area contributed by atoms with E-state index in [4.69, 9.17) is 4.74 Å². The van der Waals surface area contributed by atoms with Crippen molar-refractivity contribution in [2.45, 2.75) is 25.5 Å². The minimum Gasteiger partial charge on any atom is -0.376 e. The van der Waals surface area contributed by atoms with Gasteiger partial charge in [-0.05, 0) is 38.4 Å². The van der Waals surface area contributed by atoms with Crippen LogP contribution in [0.15, 0.2) is 18.5 Å². The van der Waals surface area contributed by atoms with Crippen LogP contribution in [-0.2, 0) is 11.3 Å². The molecule has 1 aliphatic rings. The molecule has 2 rings (SSSR count). The number of hydrogen-bond donors (Lipinski definition) is 1. The Kier molecular flexibility index (Phi) is 3.75. The van der Waals surface area contributed by atoms with Crippen LogP contribution in [0.5, 0.6) is 0 Å². The fourth-order valence-corrected chi connectivity index (χ4v) is 2.01. The predicted molar refractivity (Wildman–Crippen MR) is 58.6 cm³/mol. The molecule has 1 fully saturated rings. The zero-order chi connectivity index (χ0) is 10.5. The summed E-state index contributed by atoms with van der Waals surface area (Å²) in [7, 11) is 2.01. The summed E-state index contributed by atoms with van der Waals surface area (Å²) in [5.41, 5.74) is 0. The molecule has 15 heavy (non-hydrogen) atoms. The molecule has 1 aromatic heterocycles. The molecule has 0 atom stereocenters. The summed E-state index contributed by atoms with van der Waals surface area (Å²) >= 11 is 0. The van der Waals surface area contributed by atoms with Crippen LogP contribution in [-0.4, -0.2) is 36.1 Å². The number of nitrogens with zero attached hydrogens (tertiary/aromatic N) is 2. The summed E-state index contributed by atoms with van der Waals surface area (Å²) in [5.74, 6) is 0.824. The Hall–Kier alpha value is -0.870. The molecule has 0 radical (unpaired) electrons. The first-order valence-corrected chi connectivity index (χ1v) is 5.62. The Morgan fingerprint density at radius 2 is 2.40 bits per heavy atom. The quantitative estimate of drug-likeness (QED) is 0.756. The van der Waals surface area contributed by atoms with Crippen molar-refractivity contribution >= 4 is 0 Å². The van der Waals surface area contributed by atoms with Gasteiger partial charge in [0, 0.05) is 12.4 Å². The maximum absolute atomic E-state index is 5.74. The van der Waals surface area contributed by atoms with Crippen LogP contribution in [0.1, 0.15) is 12.8 Å². The van der Waals surface area contributed by atoms with Gasteiger partial charge in [0.2, 0.25) is 0 Å². The van der Waals surface area contributed by atoms with Crippen LogP contribution in [0.3, 0.4) is 0 Å². The van der Waals surface area contributed by atoms with Gasteiger partial charge >= 0.3 is 0 Å². The van der Waals surface area contributed by atoms with Crippen molar-refractivity contribution < 1.29 is 4.74 Å². The molecule has 0 amide bonds. The summed E-state index contributed by atoms with van der Waals surface area (Å²) < 4.78 is 7.65. The van der Waals surface area contributed by atoms with Crippen molar-refractivity contribution in [1.82, 2.24) is 15.1 Å². The van der Waals surface area contributed by atoms with Crippen LogP contribution in [0, 0.1) is 5.92 Å². The Morgan fingerprint density at radius 1 is 1.53 bits per heavy atom. The molecular formula is C11H19N3O. The second-order valence-corrected chi connectivity index (χ2v) is 4.16. The van der Waals surface area contributed by atoms with Gasteiger partial charge in [-0.3, -0.25) is 4.68 Å². The highest BCUT2D eigenvalue weighted by atomic mass is 16.5. The van der Waals surface area contributed by atoms with E-state index in [1.165, 1.54) is 12.8 Å². The smallest absolute Gasteiger partial charge is 0.0666 e. The minimum atomic E-state index is 0.485. The third-order valence-electron chi connectivity index (χ3n) is 2.92. The number of hydrogen-bond acceptors (Lipinski definition) is 3. The first-order valence-electron chi connectivity index (χ1n) is 5.62. The van der Waals surface area contributed by atoms with Crippen molar-refractivity contribution in [3.63, 3.8) is 0 Å². The van der Waals surface area contributed by atoms with Crippen molar-refractivity contribution in [1.29, 1.82) is 0 Å². The molecule has 4 heteroatoms. The third kappa shape index (κ3) is 3.04. The maximum Gasteiger partial charge on any atom is 0.0666 e. The van der Waals surface area contributed by atoms with Crippen LogP contribution in [0.4, 0.5) is 0 Å². The Morgan fingerprint density at radius 3 is 3.07 bits per heavy atom. The predicted octanol–water partition coefficient (Wildman–Crippen LogP) is 0.898. The molecule has 0 bridgehead atoms. The van der Waals surface area contributed by atoms with E-state index in [9.17, 15) is 0 Å². The van der Waals surface area contributed by atoms with Crippen molar-refractivity contribution in [3.05, 3.63) is 18.5 Å². The Balaban J connectivity index is 1.53. The monoisotopic (exact) mass is 209 g/mol. The molecule has 1 aromatic rings. The SMILES string of the molecule is CNCC1CC(OCCn2cccn2)C1. The van der Waals surface area contributed by atoms with Crippen molar-refractivity contribution in [3.8, 4) is 0 Å². The number of ether oxygens (including phenoxy) is 1. The topological polar surface area (TPSA) is 39.1 Å². The van der Waals surface area contributed by atoms with E-state index >= 15 is 0 Å². The second-order valence-electron chi connectivity index (χ2n) is 4.16. The van der Waals surface area contributed by atoms with Gasteiger partial charge in [0.15, 0.2) is 0 Å². The van der Waals surface area contributed by atoms with Crippen LogP contribution >= 0.6 is 0 Å². The van der Waals surface area contributed by atoms with Gasteiger partial charge in [-0.25, -0.2) is 0 Å². The molecule has 0 unspecified atom stereocenters. The average Bonchev–Trinajstić information content (AvgIpc) is 2.66. The highest BCUT2D eigenvalue weighted by molar-refractivity contribution is 4.81. The van der Waals surface area contributed by atoms with E-state index in [1.54, 1.807) is 6.20 Å². The maximum atomic E-state index is 5.74. The Labute approximate surface area is 90.6 Å². The summed E-state index contributed by atoms with van der Waals surface area (Å²) in [5, 5.41) is 7.33. The molecule has 1 N–H and O–H groups in total. The second kappa shape index (κ2) is 5.28. The number of nitrogens with one attached hydrogen (secondary N) is 1. The lowest BCUT2D eigenvalue weighted by molar-refractivity contribution is -0.0330. The molecule has 4 nitrogen and oxygen atoms in total. The van der Waals surface area contributed by atoms with Gasteiger partial charge in [0.25, 0.3) is 0 Å². The third-order valence-corrected chi connectivity index (χ3v) is 2.92. The summed E-state index contributed by atoms with van der Waals surface area (Å²) in [6.45, 7) is 2.76. The molecule has 1 heterocycles. The van der Waals surface area contributed by atoms with Crippen molar-refractivity contribution in [2.24, 2.45) is 5.92 Å². The summed E-state index contributed by atoms with van der Waals surface area (Å²) in [6, 6.07) is 1.94. The fraction of sp³-hybridized carbons (Fsp3) is 0.727. The van der Waals surface area contributed by atoms with Gasteiger partial charge in [0.05, 0.1) is 19.3 Å². The zero-order valence-electron chi connectivity index (χ0n) is 9.22. The lowest BCUT2D eigenvalue weighted by atomic mass is 9.82. The lowest BCUT2D eigenvalue weighted by Gasteiger charge is -2.35. The molecule has 0 aromatic carbocycles. The average molecular weight is 209 g/mol. The molecular weight excluding hydrogens is 190 g/mol. The molecule has 84 valence electrons. The van der Waals surface area contributed by atoms with E-state index < -0.39 is 0 Å². The van der Waals surface area contributed by atoms with Crippen molar-refractivity contribution in [2.75, 3.05) is 20.2 Å². The first-order chi connectivity index (χ1) is 7.38. The van der Waals surface area contributed by atoms with E-state index in [0.29, 0.717) is 6.10 Å². The molecule has 0 aliphatic heterocycles. The van der Waals surface area contributed by atoms with Gasteiger partial charge in [0.1, 0.15) is 0 Å². The largest absolute Gasteiger partial charge is 0.376 e. The van der Waals surface area contributed by atoms with E-state index in [-0.39, 0.29) is 0 Å². The Bertz CT molecular complexity index is 267. The number of rotatable bonds is 6. The molecule has 0 spiro atoms. The highest BCUT2D eigenvalue weighted by Gasteiger charge is 2.28. The summed E-state index contributed by atoms with van der Waals surface area (Å²) in [4.78, 5) is 0. The summed E-state index contributed by atoms with van der Waals surface area (Å²) in [6.07, 6.45) is 6.67. The van der Waals surface area contributed by atoms with Gasteiger partial charge in [-0.1, -0.05) is 0 Å². The van der Waals surface area contributed by atoms with Crippen LogP contribution < -0.4 is 5.32 Å². The highest BCUT2D eigenvalue weighted by Crippen LogP contribution is 2.29. The number of aromatic nitrogens is 2. The van der Waals surface area contributed by atoms with E-state index in [0.717, 1.165) is 25.6 Å². The molecule has 1 aliphatic carbocycles. The fourth-order valence-electron chi connectivity index (χ4n) is 2.01. The van der Waals surface area contributed by atoms with Crippen LogP contribution in [0.25, 0.3) is 0 Å². The van der Waals surface area contributed by atoms with Crippen LogP contribution in [0.2, 0.25) is 0 Å². The molecule has 1 saturated carbocycles. The van der Waals surface area contributed by atoms with Gasteiger partial charge < -0.3 is 10.1 Å². The molecule has 0 saturated heterocycles.